The van der Waals surface area contributed by atoms with Gasteiger partial charge in [0.2, 0.25) is 0 Å². The van der Waals surface area contributed by atoms with Crippen molar-refractivity contribution in [1.82, 2.24) is 15.0 Å². The van der Waals surface area contributed by atoms with Crippen LogP contribution in [0.25, 0.3) is 22.2 Å². The molecule has 1 atom stereocenters. The third-order valence-corrected chi connectivity index (χ3v) is 4.21. The summed E-state index contributed by atoms with van der Waals surface area (Å²) in [5, 5.41) is 15.9. The van der Waals surface area contributed by atoms with Crippen molar-refractivity contribution in [3.8, 4) is 11.3 Å². The summed E-state index contributed by atoms with van der Waals surface area (Å²) in [6.45, 7) is 4.64. The highest BCUT2D eigenvalue weighted by Gasteiger charge is 2.24. The molecule has 3 aromatic rings. The molecule has 2 heterocycles. The smallest absolute Gasteiger partial charge is 0.143 e. The highest BCUT2D eigenvalue weighted by molar-refractivity contribution is 5.91. The van der Waals surface area contributed by atoms with Crippen LogP contribution in [0.5, 0.6) is 0 Å². The van der Waals surface area contributed by atoms with Crippen LogP contribution in [-0.4, -0.2) is 40.8 Å². The van der Waals surface area contributed by atoms with Gasteiger partial charge in [0, 0.05) is 23.0 Å². The minimum Gasteiger partial charge on any atom is -0.388 e. The zero-order valence-corrected chi connectivity index (χ0v) is 14.1. The van der Waals surface area contributed by atoms with Crippen LogP contribution >= 0.6 is 0 Å². The monoisotopic (exact) mass is 313 g/mol. The molecule has 5 nitrogen and oxygen atoms in total. The van der Waals surface area contributed by atoms with Crippen LogP contribution < -0.4 is 0 Å². The van der Waals surface area contributed by atoms with E-state index in [4.69, 9.17) is 4.52 Å². The number of fused-ring (bicyclic) bond motifs is 1. The summed E-state index contributed by atoms with van der Waals surface area (Å²) in [5.74, 6) is 0.759. The van der Waals surface area contributed by atoms with Gasteiger partial charge in [-0.05, 0) is 40.4 Å². The van der Waals surface area contributed by atoms with Gasteiger partial charge in [0.15, 0.2) is 0 Å². The average Bonchev–Trinajstić information content (AvgIpc) is 3.04. The summed E-state index contributed by atoms with van der Waals surface area (Å²) in [6, 6.07) is 8.06. The van der Waals surface area contributed by atoms with E-state index in [1.807, 2.05) is 52.2 Å². The summed E-state index contributed by atoms with van der Waals surface area (Å²) in [7, 11) is 4.02. The van der Waals surface area contributed by atoms with Gasteiger partial charge in [-0.3, -0.25) is 0 Å². The van der Waals surface area contributed by atoms with Crippen molar-refractivity contribution in [1.29, 1.82) is 0 Å². The van der Waals surface area contributed by atoms with E-state index >= 15 is 0 Å². The lowest BCUT2D eigenvalue weighted by atomic mass is 9.98. The Labute approximate surface area is 135 Å². The minimum absolute atomic E-state index is 0.544. The molecular weight excluding hydrogens is 290 g/mol. The van der Waals surface area contributed by atoms with E-state index in [1.165, 1.54) is 0 Å². The van der Waals surface area contributed by atoms with Crippen LogP contribution in [0, 0.1) is 13.8 Å². The van der Waals surface area contributed by atoms with Crippen molar-refractivity contribution < 1.29 is 9.63 Å². The summed E-state index contributed by atoms with van der Waals surface area (Å²) in [6.07, 6.45) is 0.128. The maximum atomic E-state index is 10.8. The zero-order valence-electron chi connectivity index (χ0n) is 14.1. The lowest BCUT2D eigenvalue weighted by Gasteiger charge is -2.16. The second-order valence-electron chi connectivity index (χ2n) is 6.27. The van der Waals surface area contributed by atoms with E-state index in [2.05, 4.69) is 15.0 Å². The van der Waals surface area contributed by atoms with E-state index in [0.717, 1.165) is 45.7 Å². The lowest BCUT2D eigenvalue weighted by molar-refractivity contribution is 0.156. The number of nitrogens with one attached hydrogen (secondary N) is 1. The summed E-state index contributed by atoms with van der Waals surface area (Å²) in [5.41, 5.74) is 4.63. The SMILES string of the molecule is Cc1noc(C)c1-c1[nH]c2ccccc2c1C(O)CCN(C)C. The standard InChI is InChI=1S/C18H23N3O2/c1-11-16(12(2)23-20-11)18-17(15(22)9-10-21(3)4)13-7-5-6-8-14(13)19-18/h5-8,15,19,22H,9-10H2,1-4H3. The molecule has 0 spiro atoms. The molecule has 2 N–H and O–H groups in total. The Hall–Kier alpha value is -2.11. The molecule has 122 valence electrons. The van der Waals surface area contributed by atoms with Crippen molar-refractivity contribution in [2.24, 2.45) is 0 Å². The van der Waals surface area contributed by atoms with Crippen LogP contribution in [0.15, 0.2) is 28.8 Å². The van der Waals surface area contributed by atoms with Crippen LogP contribution in [0.3, 0.4) is 0 Å². The predicted molar refractivity (Wildman–Crippen MR) is 91.4 cm³/mol. The van der Waals surface area contributed by atoms with E-state index in [0.29, 0.717) is 6.42 Å². The molecule has 0 fully saturated rings. The van der Waals surface area contributed by atoms with E-state index in [-0.39, 0.29) is 0 Å². The van der Waals surface area contributed by atoms with Gasteiger partial charge in [0.05, 0.1) is 23.1 Å². The van der Waals surface area contributed by atoms with Gasteiger partial charge in [0.25, 0.3) is 0 Å². The maximum Gasteiger partial charge on any atom is 0.143 e. The first kappa shape index (κ1) is 15.8. The van der Waals surface area contributed by atoms with E-state index < -0.39 is 6.10 Å². The molecule has 3 rings (SSSR count). The maximum absolute atomic E-state index is 10.8. The molecule has 1 aromatic carbocycles. The molecule has 0 aliphatic rings. The number of rotatable bonds is 5. The number of H-pyrrole nitrogens is 1. The number of aromatic nitrogens is 2. The number of aryl methyl sites for hydroxylation is 2. The third kappa shape index (κ3) is 2.90. The molecule has 23 heavy (non-hydrogen) atoms. The lowest BCUT2D eigenvalue weighted by Crippen LogP contribution is -2.16. The van der Waals surface area contributed by atoms with E-state index in [1.54, 1.807) is 0 Å². The molecule has 0 aliphatic heterocycles. The van der Waals surface area contributed by atoms with Crippen molar-refractivity contribution in [3.63, 3.8) is 0 Å². The van der Waals surface area contributed by atoms with Crippen molar-refractivity contribution in [2.45, 2.75) is 26.4 Å². The first-order chi connectivity index (χ1) is 11.0. The number of aliphatic hydroxyl groups is 1. The summed E-state index contributed by atoms with van der Waals surface area (Å²) < 4.78 is 5.32. The molecule has 0 saturated heterocycles. The number of nitrogens with zero attached hydrogens (tertiary/aromatic N) is 2. The Morgan fingerprint density at radius 2 is 2.00 bits per heavy atom. The highest BCUT2D eigenvalue weighted by atomic mass is 16.5. The van der Waals surface area contributed by atoms with Crippen molar-refractivity contribution in [2.75, 3.05) is 20.6 Å². The molecule has 0 aliphatic carbocycles. The number of aromatic amines is 1. The molecule has 5 heteroatoms. The molecule has 0 bridgehead atoms. The fourth-order valence-corrected chi connectivity index (χ4v) is 3.07. The van der Waals surface area contributed by atoms with E-state index in [9.17, 15) is 5.11 Å². The van der Waals surface area contributed by atoms with Crippen molar-refractivity contribution in [3.05, 3.63) is 41.3 Å². The topological polar surface area (TPSA) is 65.3 Å². The Morgan fingerprint density at radius 1 is 1.26 bits per heavy atom. The molecule has 0 amide bonds. The number of aliphatic hydroxyl groups excluding tert-OH is 1. The predicted octanol–water partition coefficient (Wildman–Crippen LogP) is 3.42. The molecule has 0 saturated carbocycles. The minimum atomic E-state index is -0.544. The van der Waals surface area contributed by atoms with Gasteiger partial charge in [-0.2, -0.15) is 0 Å². The molecule has 2 aromatic heterocycles. The van der Waals surface area contributed by atoms with Gasteiger partial charge < -0.3 is 19.5 Å². The van der Waals surface area contributed by atoms with Crippen molar-refractivity contribution >= 4 is 10.9 Å². The van der Waals surface area contributed by atoms with Crippen LogP contribution in [0.2, 0.25) is 0 Å². The number of benzene rings is 1. The number of para-hydroxylation sites is 1. The Morgan fingerprint density at radius 3 is 2.65 bits per heavy atom. The van der Waals surface area contributed by atoms with Crippen LogP contribution in [0.4, 0.5) is 0 Å². The molecule has 0 radical (unpaired) electrons. The van der Waals surface area contributed by atoms with Gasteiger partial charge in [-0.15, -0.1) is 0 Å². The molecular formula is C18H23N3O2. The second-order valence-corrected chi connectivity index (χ2v) is 6.27. The highest BCUT2D eigenvalue weighted by Crippen LogP contribution is 2.38. The quantitative estimate of drug-likeness (QED) is 0.757. The zero-order chi connectivity index (χ0) is 16.6. The van der Waals surface area contributed by atoms with Gasteiger partial charge in [-0.1, -0.05) is 23.4 Å². The Balaban J connectivity index is 2.16. The first-order valence-electron chi connectivity index (χ1n) is 7.85. The first-order valence-corrected chi connectivity index (χ1v) is 7.85. The fourth-order valence-electron chi connectivity index (χ4n) is 3.07. The second kappa shape index (κ2) is 6.18. The van der Waals surface area contributed by atoms with Gasteiger partial charge in [-0.25, -0.2) is 0 Å². The number of hydrogen-bond acceptors (Lipinski definition) is 4. The van der Waals surface area contributed by atoms with Gasteiger partial charge in [0.1, 0.15) is 5.76 Å². The largest absolute Gasteiger partial charge is 0.388 e. The summed E-state index contributed by atoms with van der Waals surface area (Å²) in [4.78, 5) is 5.52. The Kier molecular flexibility index (Phi) is 4.24. The normalized spacial score (nSPS) is 13.1. The fraction of sp³-hybridized carbons (Fsp3) is 0.389. The third-order valence-electron chi connectivity index (χ3n) is 4.21. The average molecular weight is 313 g/mol. The van der Waals surface area contributed by atoms with Crippen LogP contribution in [0.1, 0.15) is 29.5 Å². The Bertz CT molecular complexity index is 797. The number of hydrogen-bond donors (Lipinski definition) is 2. The molecule has 1 unspecified atom stereocenters. The van der Waals surface area contributed by atoms with Gasteiger partial charge >= 0.3 is 0 Å². The van der Waals surface area contributed by atoms with Crippen LogP contribution in [-0.2, 0) is 0 Å². The summed E-state index contributed by atoms with van der Waals surface area (Å²) >= 11 is 0.